The first-order chi connectivity index (χ1) is 10.1. The van der Waals surface area contributed by atoms with Gasteiger partial charge in [-0.1, -0.05) is 72.1 Å². The highest BCUT2D eigenvalue weighted by atomic mass is 16.3. The standard InChI is InChI=1S/C19H39NO/c1-4-5-6-7-8-9-10-11-12-19(21)13-15-20(16-14-19)17-18(2)3/h18,21H,4-17H2,1-3H3. The maximum Gasteiger partial charge on any atom is 0.0672 e. The lowest BCUT2D eigenvalue weighted by atomic mass is 9.86. The second-order valence-electron chi connectivity index (χ2n) is 7.64. The van der Waals surface area contributed by atoms with Crippen LogP contribution < -0.4 is 0 Å². The molecule has 0 aromatic carbocycles. The molecule has 21 heavy (non-hydrogen) atoms. The number of piperidine rings is 1. The minimum absolute atomic E-state index is 0.351. The van der Waals surface area contributed by atoms with Gasteiger partial charge in [0.15, 0.2) is 0 Å². The zero-order chi connectivity index (χ0) is 15.6. The fourth-order valence-corrected chi connectivity index (χ4v) is 3.51. The Morgan fingerprint density at radius 2 is 1.43 bits per heavy atom. The Balaban J connectivity index is 2.02. The predicted octanol–water partition coefficient (Wildman–Crippen LogP) is 5.00. The van der Waals surface area contributed by atoms with Crippen LogP contribution in [0.2, 0.25) is 0 Å². The Bertz CT molecular complexity index is 244. The molecule has 0 atom stereocenters. The summed E-state index contributed by atoms with van der Waals surface area (Å²) in [6.07, 6.45) is 13.8. The molecule has 0 aliphatic carbocycles. The van der Waals surface area contributed by atoms with Crippen LogP contribution in [0.4, 0.5) is 0 Å². The zero-order valence-electron chi connectivity index (χ0n) is 14.9. The lowest BCUT2D eigenvalue weighted by Gasteiger charge is -2.39. The van der Waals surface area contributed by atoms with Gasteiger partial charge < -0.3 is 10.0 Å². The van der Waals surface area contributed by atoms with Crippen LogP contribution in [0.25, 0.3) is 0 Å². The molecule has 1 heterocycles. The lowest BCUT2D eigenvalue weighted by Crippen LogP contribution is -2.45. The molecular formula is C19H39NO. The number of likely N-dealkylation sites (tertiary alicyclic amines) is 1. The molecular weight excluding hydrogens is 258 g/mol. The van der Waals surface area contributed by atoms with Crippen molar-refractivity contribution in [1.29, 1.82) is 0 Å². The number of rotatable bonds is 11. The lowest BCUT2D eigenvalue weighted by molar-refractivity contribution is -0.0312. The molecule has 1 saturated heterocycles. The number of hydrogen-bond donors (Lipinski definition) is 1. The van der Waals surface area contributed by atoms with Crippen molar-refractivity contribution in [2.24, 2.45) is 5.92 Å². The van der Waals surface area contributed by atoms with Crippen molar-refractivity contribution >= 4 is 0 Å². The molecule has 0 saturated carbocycles. The predicted molar refractivity (Wildman–Crippen MR) is 92.7 cm³/mol. The van der Waals surface area contributed by atoms with E-state index >= 15 is 0 Å². The van der Waals surface area contributed by atoms with Crippen LogP contribution in [-0.4, -0.2) is 35.2 Å². The van der Waals surface area contributed by atoms with Gasteiger partial charge in [-0.05, 0) is 25.2 Å². The van der Waals surface area contributed by atoms with Crippen molar-refractivity contribution in [3.8, 4) is 0 Å². The van der Waals surface area contributed by atoms with Crippen LogP contribution in [0.15, 0.2) is 0 Å². The van der Waals surface area contributed by atoms with Gasteiger partial charge in [-0.25, -0.2) is 0 Å². The zero-order valence-corrected chi connectivity index (χ0v) is 14.9. The molecule has 0 amide bonds. The summed E-state index contributed by atoms with van der Waals surface area (Å²) in [5.41, 5.74) is -0.351. The molecule has 0 radical (unpaired) electrons. The van der Waals surface area contributed by atoms with Gasteiger partial charge in [-0.15, -0.1) is 0 Å². The third-order valence-corrected chi connectivity index (χ3v) is 4.91. The summed E-state index contributed by atoms with van der Waals surface area (Å²) in [6.45, 7) is 10.2. The van der Waals surface area contributed by atoms with Crippen LogP contribution in [-0.2, 0) is 0 Å². The molecule has 0 aromatic rings. The SMILES string of the molecule is CCCCCCCCCCC1(O)CCN(CC(C)C)CC1. The van der Waals surface area contributed by atoms with Crippen molar-refractivity contribution in [3.05, 3.63) is 0 Å². The molecule has 126 valence electrons. The fourth-order valence-electron chi connectivity index (χ4n) is 3.51. The van der Waals surface area contributed by atoms with E-state index in [2.05, 4.69) is 25.7 Å². The number of unbranched alkanes of at least 4 members (excludes halogenated alkanes) is 7. The minimum Gasteiger partial charge on any atom is -0.390 e. The highest BCUT2D eigenvalue weighted by molar-refractivity contribution is 4.85. The maximum absolute atomic E-state index is 10.7. The summed E-state index contributed by atoms with van der Waals surface area (Å²) in [5, 5.41) is 10.7. The van der Waals surface area contributed by atoms with E-state index in [4.69, 9.17) is 0 Å². The average molecular weight is 298 g/mol. The summed E-state index contributed by atoms with van der Waals surface area (Å²) < 4.78 is 0. The van der Waals surface area contributed by atoms with E-state index in [1.54, 1.807) is 0 Å². The van der Waals surface area contributed by atoms with Crippen molar-refractivity contribution in [2.75, 3.05) is 19.6 Å². The van der Waals surface area contributed by atoms with Gasteiger partial charge in [0.05, 0.1) is 5.60 Å². The smallest absolute Gasteiger partial charge is 0.0672 e. The van der Waals surface area contributed by atoms with Crippen LogP contribution in [0.5, 0.6) is 0 Å². The molecule has 1 aliphatic rings. The molecule has 1 N–H and O–H groups in total. The van der Waals surface area contributed by atoms with E-state index in [1.165, 1.54) is 57.9 Å². The highest BCUT2D eigenvalue weighted by Crippen LogP contribution is 2.28. The van der Waals surface area contributed by atoms with Gasteiger partial charge >= 0.3 is 0 Å². The van der Waals surface area contributed by atoms with E-state index < -0.39 is 0 Å². The number of aliphatic hydroxyl groups is 1. The molecule has 0 aromatic heterocycles. The molecule has 2 heteroatoms. The molecule has 0 spiro atoms. The summed E-state index contributed by atoms with van der Waals surface area (Å²) >= 11 is 0. The van der Waals surface area contributed by atoms with E-state index in [0.29, 0.717) is 0 Å². The third kappa shape index (κ3) is 8.83. The molecule has 1 aliphatic heterocycles. The van der Waals surface area contributed by atoms with Crippen molar-refractivity contribution in [1.82, 2.24) is 4.90 Å². The van der Waals surface area contributed by atoms with E-state index in [-0.39, 0.29) is 5.60 Å². The second-order valence-corrected chi connectivity index (χ2v) is 7.64. The Kier molecular flexibility index (Phi) is 9.59. The van der Waals surface area contributed by atoms with E-state index in [0.717, 1.165) is 38.3 Å². The van der Waals surface area contributed by atoms with Gasteiger partial charge in [0.25, 0.3) is 0 Å². The van der Waals surface area contributed by atoms with Gasteiger partial charge in [0.2, 0.25) is 0 Å². The van der Waals surface area contributed by atoms with Crippen molar-refractivity contribution < 1.29 is 5.11 Å². The van der Waals surface area contributed by atoms with Gasteiger partial charge in [0, 0.05) is 19.6 Å². The molecule has 0 bridgehead atoms. The molecule has 1 fully saturated rings. The van der Waals surface area contributed by atoms with E-state index in [1.807, 2.05) is 0 Å². The molecule has 2 nitrogen and oxygen atoms in total. The van der Waals surface area contributed by atoms with Crippen molar-refractivity contribution in [3.63, 3.8) is 0 Å². The average Bonchev–Trinajstić information content (AvgIpc) is 2.44. The number of nitrogens with zero attached hydrogens (tertiary/aromatic N) is 1. The minimum atomic E-state index is -0.351. The molecule has 0 unspecified atom stereocenters. The summed E-state index contributed by atoms with van der Waals surface area (Å²) in [6, 6.07) is 0. The first kappa shape index (κ1) is 19.0. The third-order valence-electron chi connectivity index (χ3n) is 4.91. The number of hydrogen-bond acceptors (Lipinski definition) is 2. The van der Waals surface area contributed by atoms with E-state index in [9.17, 15) is 5.11 Å². The largest absolute Gasteiger partial charge is 0.390 e. The topological polar surface area (TPSA) is 23.5 Å². The van der Waals surface area contributed by atoms with Crippen LogP contribution in [0, 0.1) is 5.92 Å². The second kappa shape index (κ2) is 10.6. The quantitative estimate of drug-likeness (QED) is 0.542. The Morgan fingerprint density at radius 1 is 0.905 bits per heavy atom. The van der Waals surface area contributed by atoms with Gasteiger partial charge in [-0.2, -0.15) is 0 Å². The summed E-state index contributed by atoms with van der Waals surface area (Å²) in [7, 11) is 0. The van der Waals surface area contributed by atoms with Crippen molar-refractivity contribution in [2.45, 2.75) is 97.0 Å². The highest BCUT2D eigenvalue weighted by Gasteiger charge is 2.31. The normalized spacial score (nSPS) is 19.3. The van der Waals surface area contributed by atoms with Gasteiger partial charge in [-0.3, -0.25) is 0 Å². The first-order valence-corrected chi connectivity index (χ1v) is 9.50. The van der Waals surface area contributed by atoms with Crippen LogP contribution in [0.1, 0.15) is 91.4 Å². The van der Waals surface area contributed by atoms with Crippen LogP contribution >= 0.6 is 0 Å². The summed E-state index contributed by atoms with van der Waals surface area (Å²) in [4.78, 5) is 2.52. The molecule has 1 rings (SSSR count). The van der Waals surface area contributed by atoms with Gasteiger partial charge in [0.1, 0.15) is 0 Å². The maximum atomic E-state index is 10.7. The Morgan fingerprint density at radius 3 is 1.95 bits per heavy atom. The Labute approximate surface area is 133 Å². The fraction of sp³-hybridized carbons (Fsp3) is 1.00. The first-order valence-electron chi connectivity index (χ1n) is 9.50. The Hall–Kier alpha value is -0.0800. The van der Waals surface area contributed by atoms with Crippen LogP contribution in [0.3, 0.4) is 0 Å². The summed E-state index contributed by atoms with van der Waals surface area (Å²) in [5.74, 6) is 0.740. The monoisotopic (exact) mass is 297 g/mol.